The Bertz CT molecular complexity index is 289. The van der Waals surface area contributed by atoms with Gasteiger partial charge in [0.15, 0.2) is 11.6 Å². The van der Waals surface area contributed by atoms with Gasteiger partial charge in [0.05, 0.1) is 0 Å². The molecule has 2 N–H and O–H groups in total. The van der Waals surface area contributed by atoms with Gasteiger partial charge in [-0.1, -0.05) is 6.07 Å². The van der Waals surface area contributed by atoms with Crippen molar-refractivity contribution >= 4 is 0 Å². The van der Waals surface area contributed by atoms with Crippen LogP contribution in [-0.2, 0) is 6.54 Å². The largest absolute Gasteiger partial charge is 0.318 e. The molecule has 0 aliphatic heterocycles. The van der Waals surface area contributed by atoms with Gasteiger partial charge in [0.1, 0.15) is 0 Å². The van der Waals surface area contributed by atoms with Crippen molar-refractivity contribution in [3.8, 4) is 0 Å². The van der Waals surface area contributed by atoms with Crippen molar-refractivity contribution in [2.45, 2.75) is 6.54 Å². The number of hydrogen-bond acceptors (Lipinski definition) is 2. The molecule has 0 bridgehead atoms. The second-order valence-electron chi connectivity index (χ2n) is 2.95. The topological polar surface area (TPSA) is 29.3 Å². The van der Waals surface area contributed by atoms with Crippen LogP contribution in [0.2, 0.25) is 0 Å². The number of rotatable bonds is 3. The van der Waals surface area contributed by atoms with Gasteiger partial charge in [-0.2, -0.15) is 0 Å². The Hall–Kier alpha value is -1.00. The lowest BCUT2D eigenvalue weighted by Gasteiger charge is -2.13. The Kier molecular flexibility index (Phi) is 3.33. The Balaban J connectivity index is 2.73. The van der Waals surface area contributed by atoms with E-state index in [2.05, 4.69) is 0 Å². The quantitative estimate of drug-likeness (QED) is 0.721. The summed E-state index contributed by atoms with van der Waals surface area (Å²) in [5.74, 6) is -1.64. The normalized spacial score (nSPS) is 10.8. The molecule has 72 valence electrons. The second kappa shape index (κ2) is 4.30. The third kappa shape index (κ3) is 2.75. The highest BCUT2D eigenvalue weighted by atomic mass is 19.2. The molecule has 4 heteroatoms. The van der Waals surface area contributed by atoms with E-state index >= 15 is 0 Å². The van der Waals surface area contributed by atoms with E-state index in [0.29, 0.717) is 18.8 Å². The van der Waals surface area contributed by atoms with Crippen LogP contribution in [0.1, 0.15) is 5.56 Å². The number of nitrogens with zero attached hydrogens (tertiary/aromatic N) is 1. The minimum absolute atomic E-state index is 0.388. The molecule has 0 saturated heterocycles. The minimum atomic E-state index is -0.820. The van der Waals surface area contributed by atoms with E-state index in [9.17, 15) is 8.78 Å². The summed E-state index contributed by atoms with van der Waals surface area (Å²) in [5.41, 5.74) is 6.06. The molecule has 1 aromatic carbocycles. The van der Waals surface area contributed by atoms with E-state index in [4.69, 9.17) is 5.73 Å². The first-order chi connectivity index (χ1) is 6.13. The van der Waals surface area contributed by atoms with Gasteiger partial charge in [-0.15, -0.1) is 0 Å². The van der Waals surface area contributed by atoms with Gasteiger partial charge in [0, 0.05) is 13.2 Å². The second-order valence-corrected chi connectivity index (χ2v) is 2.95. The highest BCUT2D eigenvalue weighted by Gasteiger charge is 2.03. The predicted octanol–water partition coefficient (Wildman–Crippen LogP) is 1.31. The molecule has 0 aliphatic rings. The minimum Gasteiger partial charge on any atom is -0.318 e. The highest BCUT2D eigenvalue weighted by Crippen LogP contribution is 2.09. The number of nitrogens with two attached hydrogens (primary N) is 1. The Labute approximate surface area is 76.0 Å². The Morgan fingerprint density at radius 2 is 2.00 bits per heavy atom. The zero-order chi connectivity index (χ0) is 9.84. The summed E-state index contributed by atoms with van der Waals surface area (Å²) in [6.07, 6.45) is 0. The molecule has 0 atom stereocenters. The van der Waals surface area contributed by atoms with E-state index in [-0.39, 0.29) is 0 Å². The maximum Gasteiger partial charge on any atom is 0.159 e. The molecule has 0 fully saturated rings. The zero-order valence-corrected chi connectivity index (χ0v) is 7.43. The van der Waals surface area contributed by atoms with Crippen molar-refractivity contribution in [1.82, 2.24) is 4.90 Å². The van der Waals surface area contributed by atoms with Gasteiger partial charge in [-0.05, 0) is 24.7 Å². The van der Waals surface area contributed by atoms with E-state index in [1.807, 2.05) is 0 Å². The summed E-state index contributed by atoms with van der Waals surface area (Å²) in [6, 6.07) is 3.85. The molecule has 0 saturated carbocycles. The van der Waals surface area contributed by atoms with E-state index in [0.717, 1.165) is 6.07 Å². The summed E-state index contributed by atoms with van der Waals surface area (Å²) >= 11 is 0. The van der Waals surface area contributed by atoms with Crippen LogP contribution >= 0.6 is 0 Å². The molecule has 0 aromatic heterocycles. The van der Waals surface area contributed by atoms with Gasteiger partial charge >= 0.3 is 0 Å². The first kappa shape index (κ1) is 10.1. The average molecular weight is 186 g/mol. The van der Waals surface area contributed by atoms with E-state index in [1.165, 1.54) is 6.07 Å². The average Bonchev–Trinajstić information content (AvgIpc) is 2.11. The number of benzene rings is 1. The fourth-order valence-electron chi connectivity index (χ4n) is 1.01. The first-order valence-electron chi connectivity index (χ1n) is 3.96. The van der Waals surface area contributed by atoms with Gasteiger partial charge in [-0.3, -0.25) is 4.90 Å². The lowest BCUT2D eigenvalue weighted by molar-refractivity contribution is 0.336. The monoisotopic (exact) mass is 186 g/mol. The first-order valence-corrected chi connectivity index (χ1v) is 3.96. The summed E-state index contributed by atoms with van der Waals surface area (Å²) in [6.45, 7) is 0.909. The fourth-order valence-corrected chi connectivity index (χ4v) is 1.01. The summed E-state index contributed by atoms with van der Waals surface area (Å²) in [5, 5.41) is 0. The van der Waals surface area contributed by atoms with Crippen molar-refractivity contribution < 1.29 is 8.78 Å². The molecular formula is C9H12F2N2. The van der Waals surface area contributed by atoms with Crippen LogP contribution in [0, 0.1) is 11.6 Å². The Morgan fingerprint density at radius 3 is 2.54 bits per heavy atom. The summed E-state index contributed by atoms with van der Waals surface area (Å²) < 4.78 is 25.2. The third-order valence-corrected chi connectivity index (χ3v) is 1.75. The number of hydrogen-bond donors (Lipinski definition) is 1. The molecule has 1 aromatic rings. The molecule has 0 radical (unpaired) electrons. The van der Waals surface area contributed by atoms with Crippen molar-refractivity contribution in [3.05, 3.63) is 35.4 Å². The molecular weight excluding hydrogens is 174 g/mol. The third-order valence-electron chi connectivity index (χ3n) is 1.75. The maximum atomic E-state index is 12.7. The Morgan fingerprint density at radius 1 is 1.31 bits per heavy atom. The van der Waals surface area contributed by atoms with Crippen LogP contribution in [0.3, 0.4) is 0 Å². The number of halogens is 2. The van der Waals surface area contributed by atoms with Gasteiger partial charge in [0.25, 0.3) is 0 Å². The van der Waals surface area contributed by atoms with Crippen LogP contribution < -0.4 is 5.73 Å². The molecule has 0 aliphatic carbocycles. The van der Waals surface area contributed by atoms with Crippen molar-refractivity contribution in [3.63, 3.8) is 0 Å². The molecule has 13 heavy (non-hydrogen) atoms. The van der Waals surface area contributed by atoms with Crippen LogP contribution in [0.25, 0.3) is 0 Å². The molecule has 0 unspecified atom stereocenters. The molecule has 0 spiro atoms. The highest BCUT2D eigenvalue weighted by molar-refractivity contribution is 5.17. The lowest BCUT2D eigenvalue weighted by atomic mass is 10.2. The maximum absolute atomic E-state index is 12.7. The van der Waals surface area contributed by atoms with Crippen LogP contribution in [0.5, 0.6) is 0 Å². The summed E-state index contributed by atoms with van der Waals surface area (Å²) in [4.78, 5) is 1.80. The SMILES string of the molecule is CN(CN)Cc1ccc(F)c(F)c1. The fraction of sp³-hybridized carbons (Fsp3) is 0.333. The van der Waals surface area contributed by atoms with Crippen LogP contribution in [0.15, 0.2) is 18.2 Å². The van der Waals surface area contributed by atoms with Gasteiger partial charge in [-0.25, -0.2) is 8.78 Å². The molecule has 1 rings (SSSR count). The predicted molar refractivity (Wildman–Crippen MR) is 46.9 cm³/mol. The van der Waals surface area contributed by atoms with Crippen molar-refractivity contribution in [2.75, 3.05) is 13.7 Å². The molecule has 0 heterocycles. The standard InChI is InChI=1S/C9H12F2N2/c1-13(6-12)5-7-2-3-8(10)9(11)4-7/h2-4H,5-6,12H2,1H3. The van der Waals surface area contributed by atoms with Gasteiger partial charge in [0.2, 0.25) is 0 Å². The smallest absolute Gasteiger partial charge is 0.159 e. The van der Waals surface area contributed by atoms with E-state index in [1.54, 1.807) is 18.0 Å². The zero-order valence-electron chi connectivity index (χ0n) is 7.43. The molecule has 0 amide bonds. The van der Waals surface area contributed by atoms with E-state index < -0.39 is 11.6 Å². The van der Waals surface area contributed by atoms with Crippen molar-refractivity contribution in [1.29, 1.82) is 0 Å². The van der Waals surface area contributed by atoms with Crippen LogP contribution in [0.4, 0.5) is 8.78 Å². The van der Waals surface area contributed by atoms with Crippen LogP contribution in [-0.4, -0.2) is 18.6 Å². The van der Waals surface area contributed by atoms with Gasteiger partial charge < -0.3 is 5.73 Å². The summed E-state index contributed by atoms with van der Waals surface area (Å²) in [7, 11) is 1.81. The lowest BCUT2D eigenvalue weighted by Crippen LogP contribution is -2.25. The van der Waals surface area contributed by atoms with Crippen molar-refractivity contribution in [2.24, 2.45) is 5.73 Å². The molecule has 2 nitrogen and oxygen atoms in total.